The summed E-state index contributed by atoms with van der Waals surface area (Å²) in [5, 5.41) is 18.2. The summed E-state index contributed by atoms with van der Waals surface area (Å²) < 4.78 is 0. The molecule has 1 amide bonds. The maximum absolute atomic E-state index is 12.0. The Hall–Kier alpha value is -1.46. The lowest BCUT2D eigenvalue weighted by Crippen LogP contribution is -2.42. The first-order valence-corrected chi connectivity index (χ1v) is 7.07. The predicted molar refractivity (Wildman–Crippen MR) is 85.7 cm³/mol. The Morgan fingerprint density at radius 1 is 1.62 bits per heavy atom. The van der Waals surface area contributed by atoms with E-state index in [1.165, 1.54) is 6.92 Å². The van der Waals surface area contributed by atoms with Gasteiger partial charge in [0, 0.05) is 30.2 Å². The number of aliphatic hydroxyl groups excluding tert-OH is 1. The van der Waals surface area contributed by atoms with Gasteiger partial charge in [0.1, 0.15) is 5.84 Å². The largest absolute Gasteiger partial charge is 0.368 e. The zero-order valence-electron chi connectivity index (χ0n) is 12.9. The van der Waals surface area contributed by atoms with Crippen molar-refractivity contribution in [3.8, 4) is 0 Å². The van der Waals surface area contributed by atoms with Gasteiger partial charge in [-0.1, -0.05) is 31.5 Å². The molecule has 0 aromatic heterocycles. The molecule has 0 aliphatic carbocycles. The SMILES string of the molecule is C=CCC(C)(C)C(CC(=N)N1C(=O)C(C)=C(Cl)C1O)=NC. The highest BCUT2D eigenvalue weighted by molar-refractivity contribution is 6.34. The number of carbonyl (C=O) groups excluding carboxylic acids is 1. The zero-order chi connectivity index (χ0) is 16.4. The highest BCUT2D eigenvalue weighted by Gasteiger charge is 2.38. The summed E-state index contributed by atoms with van der Waals surface area (Å²) in [4.78, 5) is 17.3. The molecule has 0 aromatic rings. The summed E-state index contributed by atoms with van der Waals surface area (Å²) in [6.45, 7) is 9.27. The first-order chi connectivity index (χ1) is 9.67. The number of rotatable bonds is 5. The molecule has 1 heterocycles. The van der Waals surface area contributed by atoms with Gasteiger partial charge < -0.3 is 5.11 Å². The second-order valence-corrected chi connectivity index (χ2v) is 6.10. The number of hydrogen-bond donors (Lipinski definition) is 2. The third-order valence-electron chi connectivity index (χ3n) is 3.70. The average Bonchev–Trinajstić information content (AvgIpc) is 2.60. The van der Waals surface area contributed by atoms with Crippen molar-refractivity contribution in [2.45, 2.75) is 39.8 Å². The molecule has 0 radical (unpaired) electrons. The number of nitrogens with zero attached hydrogens (tertiary/aromatic N) is 2. The molecule has 1 unspecified atom stereocenters. The van der Waals surface area contributed by atoms with Gasteiger partial charge in [-0.3, -0.25) is 20.1 Å². The molecule has 0 spiro atoms. The van der Waals surface area contributed by atoms with Gasteiger partial charge in [-0.05, 0) is 13.3 Å². The third-order valence-corrected chi connectivity index (χ3v) is 4.18. The van der Waals surface area contributed by atoms with Crippen molar-refractivity contribution in [1.29, 1.82) is 5.41 Å². The third kappa shape index (κ3) is 3.41. The molecular weight excluding hydrogens is 290 g/mol. The van der Waals surface area contributed by atoms with Crippen LogP contribution in [0, 0.1) is 10.8 Å². The second kappa shape index (κ2) is 6.54. The van der Waals surface area contributed by atoms with Crippen molar-refractivity contribution < 1.29 is 9.90 Å². The Morgan fingerprint density at radius 2 is 2.19 bits per heavy atom. The van der Waals surface area contributed by atoms with E-state index in [1.54, 1.807) is 13.1 Å². The van der Waals surface area contributed by atoms with E-state index < -0.39 is 12.1 Å². The van der Waals surface area contributed by atoms with Crippen molar-refractivity contribution in [1.82, 2.24) is 4.90 Å². The van der Waals surface area contributed by atoms with Crippen LogP contribution in [0.3, 0.4) is 0 Å². The van der Waals surface area contributed by atoms with E-state index in [0.29, 0.717) is 6.42 Å². The average molecular weight is 312 g/mol. The summed E-state index contributed by atoms with van der Waals surface area (Å²) >= 11 is 5.88. The Morgan fingerprint density at radius 3 is 2.57 bits per heavy atom. The smallest absolute Gasteiger partial charge is 0.258 e. The molecule has 0 saturated carbocycles. The van der Waals surface area contributed by atoms with Crippen LogP contribution in [-0.2, 0) is 4.79 Å². The molecule has 116 valence electrons. The highest BCUT2D eigenvalue weighted by Crippen LogP contribution is 2.30. The summed E-state index contributed by atoms with van der Waals surface area (Å²) in [5.41, 5.74) is 0.783. The molecule has 0 fully saturated rings. The van der Waals surface area contributed by atoms with Crippen molar-refractivity contribution >= 4 is 29.1 Å². The fraction of sp³-hybridized carbons (Fsp3) is 0.533. The molecule has 1 aliphatic rings. The van der Waals surface area contributed by atoms with Crippen LogP contribution in [0.2, 0.25) is 0 Å². The van der Waals surface area contributed by atoms with Gasteiger partial charge in [0.25, 0.3) is 5.91 Å². The number of aliphatic hydroxyl groups is 1. The molecule has 21 heavy (non-hydrogen) atoms. The van der Waals surface area contributed by atoms with Crippen LogP contribution in [0.25, 0.3) is 0 Å². The van der Waals surface area contributed by atoms with Crippen LogP contribution in [0.1, 0.15) is 33.6 Å². The second-order valence-electron chi connectivity index (χ2n) is 5.69. The van der Waals surface area contributed by atoms with E-state index in [4.69, 9.17) is 17.0 Å². The van der Waals surface area contributed by atoms with Crippen molar-refractivity contribution in [2.75, 3.05) is 7.05 Å². The fourth-order valence-corrected chi connectivity index (χ4v) is 2.49. The molecule has 0 aromatic carbocycles. The Balaban J connectivity index is 2.92. The minimum atomic E-state index is -1.27. The minimum Gasteiger partial charge on any atom is -0.368 e. The van der Waals surface area contributed by atoms with E-state index in [9.17, 15) is 9.90 Å². The molecule has 1 atom stereocenters. The molecule has 5 nitrogen and oxygen atoms in total. The number of carbonyl (C=O) groups is 1. The lowest BCUT2D eigenvalue weighted by Gasteiger charge is -2.28. The number of amidine groups is 1. The Labute approximate surface area is 130 Å². The zero-order valence-corrected chi connectivity index (χ0v) is 13.7. The summed E-state index contributed by atoms with van der Waals surface area (Å²) in [6, 6.07) is 0. The fourth-order valence-electron chi connectivity index (χ4n) is 2.31. The number of halogens is 1. The van der Waals surface area contributed by atoms with E-state index in [2.05, 4.69) is 11.6 Å². The lowest BCUT2D eigenvalue weighted by molar-refractivity contribution is -0.126. The molecule has 1 rings (SSSR count). The van der Waals surface area contributed by atoms with Crippen LogP contribution in [0.4, 0.5) is 0 Å². The topological polar surface area (TPSA) is 76.8 Å². The van der Waals surface area contributed by atoms with Crippen LogP contribution < -0.4 is 0 Å². The van der Waals surface area contributed by atoms with Gasteiger partial charge in [0.2, 0.25) is 0 Å². The first kappa shape index (κ1) is 17.6. The number of nitrogens with one attached hydrogen (secondary N) is 1. The summed E-state index contributed by atoms with van der Waals surface area (Å²) in [6.07, 6.45) is 1.42. The molecule has 0 bridgehead atoms. The molecule has 1 aliphatic heterocycles. The van der Waals surface area contributed by atoms with Crippen LogP contribution in [0.5, 0.6) is 0 Å². The van der Waals surface area contributed by atoms with E-state index in [1.807, 2.05) is 13.8 Å². The summed E-state index contributed by atoms with van der Waals surface area (Å²) in [7, 11) is 1.66. The predicted octanol–water partition coefficient (Wildman–Crippen LogP) is 2.70. The van der Waals surface area contributed by atoms with Crippen molar-refractivity contribution in [3.05, 3.63) is 23.3 Å². The maximum atomic E-state index is 12.0. The van der Waals surface area contributed by atoms with Crippen LogP contribution in [0.15, 0.2) is 28.3 Å². The number of allylic oxidation sites excluding steroid dienone is 1. The van der Waals surface area contributed by atoms with Crippen molar-refractivity contribution in [2.24, 2.45) is 10.4 Å². The first-order valence-electron chi connectivity index (χ1n) is 6.69. The van der Waals surface area contributed by atoms with E-state index >= 15 is 0 Å². The van der Waals surface area contributed by atoms with Gasteiger partial charge >= 0.3 is 0 Å². The van der Waals surface area contributed by atoms with Crippen LogP contribution >= 0.6 is 11.6 Å². The van der Waals surface area contributed by atoms with Gasteiger partial charge in [0.15, 0.2) is 6.23 Å². The normalized spacial score (nSPS) is 20.3. The van der Waals surface area contributed by atoms with Gasteiger partial charge in [-0.15, -0.1) is 6.58 Å². The molecular formula is C15H22ClN3O2. The molecule has 2 N–H and O–H groups in total. The van der Waals surface area contributed by atoms with E-state index in [-0.39, 0.29) is 28.3 Å². The van der Waals surface area contributed by atoms with Gasteiger partial charge in [-0.25, -0.2) is 0 Å². The molecule has 0 saturated heterocycles. The highest BCUT2D eigenvalue weighted by atomic mass is 35.5. The van der Waals surface area contributed by atoms with Gasteiger partial charge in [-0.2, -0.15) is 0 Å². The quantitative estimate of drug-likeness (QED) is 0.465. The standard InChI is InChI=1S/C15H22ClN3O2/c1-6-7-15(3,4)10(18-5)8-11(17)19-13(20)9(2)12(16)14(19)21/h6,14,17,21H,1,7-8H2,2-5H3. The summed E-state index contributed by atoms with van der Waals surface area (Å²) in [5.74, 6) is -0.449. The van der Waals surface area contributed by atoms with Gasteiger partial charge in [0.05, 0.1) is 5.03 Å². The maximum Gasteiger partial charge on any atom is 0.258 e. The molecule has 6 heteroatoms. The Kier molecular flexibility index (Phi) is 5.48. The minimum absolute atomic E-state index is 0.0137. The van der Waals surface area contributed by atoms with E-state index in [0.717, 1.165) is 10.6 Å². The van der Waals surface area contributed by atoms with Crippen LogP contribution in [-0.4, -0.2) is 40.7 Å². The number of hydrogen-bond acceptors (Lipinski definition) is 4. The van der Waals surface area contributed by atoms with Crippen molar-refractivity contribution in [3.63, 3.8) is 0 Å². The number of aliphatic imine (C=N–C) groups is 1. The number of amides is 1. The lowest BCUT2D eigenvalue weighted by atomic mass is 9.82. The Bertz CT molecular complexity index is 535. The monoisotopic (exact) mass is 311 g/mol.